The summed E-state index contributed by atoms with van der Waals surface area (Å²) in [5, 5.41) is 17.4. The molecule has 0 saturated carbocycles. The van der Waals surface area contributed by atoms with Gasteiger partial charge in [-0.15, -0.1) is 11.3 Å². The normalized spacial score (nSPS) is 16.7. The number of rotatable bonds is 5. The number of carbonyl (C=O) groups is 2. The van der Waals surface area contributed by atoms with Crippen LogP contribution >= 0.6 is 11.3 Å². The summed E-state index contributed by atoms with van der Waals surface area (Å²) in [7, 11) is 0. The molecule has 0 bridgehead atoms. The summed E-state index contributed by atoms with van der Waals surface area (Å²) in [5.41, 5.74) is 1.66. The van der Waals surface area contributed by atoms with Crippen LogP contribution < -0.4 is 15.5 Å². The molecule has 1 aliphatic heterocycles. The van der Waals surface area contributed by atoms with Crippen LogP contribution in [-0.2, 0) is 4.79 Å². The topological polar surface area (TPSA) is 94.6 Å². The van der Waals surface area contributed by atoms with Gasteiger partial charge in [-0.3, -0.25) is 9.59 Å². The van der Waals surface area contributed by atoms with Crippen molar-refractivity contribution in [1.82, 2.24) is 4.98 Å². The Bertz CT molecular complexity index is 760. The van der Waals surface area contributed by atoms with E-state index in [1.165, 1.54) is 18.3 Å². The fourth-order valence-electron chi connectivity index (χ4n) is 2.81. The van der Waals surface area contributed by atoms with Gasteiger partial charge in [-0.25, -0.2) is 4.98 Å². The number of aromatic nitrogens is 1. The Morgan fingerprint density at radius 2 is 1.96 bits per heavy atom. The van der Waals surface area contributed by atoms with Crippen molar-refractivity contribution in [3.05, 3.63) is 35.3 Å². The van der Waals surface area contributed by atoms with E-state index in [-0.39, 0.29) is 24.5 Å². The number of aliphatic hydroxyl groups excluding tert-OH is 1. The van der Waals surface area contributed by atoms with Gasteiger partial charge in [-0.2, -0.15) is 0 Å². The van der Waals surface area contributed by atoms with E-state index in [0.717, 1.165) is 24.5 Å². The zero-order chi connectivity index (χ0) is 17.8. The van der Waals surface area contributed by atoms with Crippen molar-refractivity contribution in [2.75, 3.05) is 28.7 Å². The Hall–Kier alpha value is -2.45. The first kappa shape index (κ1) is 17.4. The lowest BCUT2D eigenvalue weighted by Gasteiger charge is -2.21. The molecule has 0 radical (unpaired) electrons. The number of thiazole rings is 1. The van der Waals surface area contributed by atoms with E-state index in [0.29, 0.717) is 17.1 Å². The summed E-state index contributed by atoms with van der Waals surface area (Å²) in [5.74, 6) is -0.426. The van der Waals surface area contributed by atoms with Gasteiger partial charge in [0.25, 0.3) is 5.91 Å². The van der Waals surface area contributed by atoms with Crippen LogP contribution in [0.25, 0.3) is 0 Å². The summed E-state index contributed by atoms with van der Waals surface area (Å²) >= 11 is 1.41. The molecular formula is C17H20N4O3S. The molecule has 0 spiro atoms. The van der Waals surface area contributed by atoms with E-state index in [4.69, 9.17) is 0 Å². The number of carbonyl (C=O) groups excluding carboxylic acids is 2. The minimum Gasteiger partial charge on any atom is -0.394 e. The van der Waals surface area contributed by atoms with Crippen LogP contribution in [0.5, 0.6) is 0 Å². The number of anilines is 3. The predicted molar refractivity (Wildman–Crippen MR) is 98.3 cm³/mol. The van der Waals surface area contributed by atoms with Crippen molar-refractivity contribution < 1.29 is 14.7 Å². The molecule has 1 aromatic carbocycles. The SMILES string of the molecule is CC(=O)Nc1ccc(NC(=O)c2csc(N3CCCC3CO)n2)cc1. The van der Waals surface area contributed by atoms with Crippen LogP contribution in [0, 0.1) is 0 Å². The predicted octanol–water partition coefficient (Wildman–Crippen LogP) is 2.31. The number of aliphatic hydroxyl groups is 1. The molecule has 8 heteroatoms. The average molecular weight is 360 g/mol. The van der Waals surface area contributed by atoms with Gasteiger partial charge in [0.1, 0.15) is 5.69 Å². The maximum absolute atomic E-state index is 12.4. The van der Waals surface area contributed by atoms with Gasteiger partial charge < -0.3 is 20.6 Å². The molecular weight excluding hydrogens is 340 g/mol. The van der Waals surface area contributed by atoms with E-state index >= 15 is 0 Å². The van der Waals surface area contributed by atoms with Crippen LogP contribution in [0.15, 0.2) is 29.6 Å². The molecule has 0 aliphatic carbocycles. The first-order valence-corrected chi connectivity index (χ1v) is 8.97. The number of hydrogen-bond acceptors (Lipinski definition) is 6. The number of benzene rings is 1. The largest absolute Gasteiger partial charge is 0.394 e. The lowest BCUT2D eigenvalue weighted by Crippen LogP contribution is -2.32. The third-order valence-corrected chi connectivity index (χ3v) is 4.90. The van der Waals surface area contributed by atoms with Gasteiger partial charge in [0, 0.05) is 30.2 Å². The molecule has 3 N–H and O–H groups in total. The molecule has 1 atom stereocenters. The number of nitrogens with zero attached hydrogens (tertiary/aromatic N) is 2. The molecule has 2 amide bonds. The van der Waals surface area contributed by atoms with Crippen LogP contribution in [0.2, 0.25) is 0 Å². The van der Waals surface area contributed by atoms with Crippen molar-refractivity contribution in [3.8, 4) is 0 Å². The Kier molecular flexibility index (Phi) is 5.30. The molecule has 1 aliphatic rings. The van der Waals surface area contributed by atoms with Crippen molar-refractivity contribution in [1.29, 1.82) is 0 Å². The molecule has 1 fully saturated rings. The van der Waals surface area contributed by atoms with E-state index in [1.54, 1.807) is 29.6 Å². The maximum atomic E-state index is 12.4. The Morgan fingerprint density at radius 3 is 2.60 bits per heavy atom. The highest BCUT2D eigenvalue weighted by atomic mass is 32.1. The quantitative estimate of drug-likeness (QED) is 0.761. The van der Waals surface area contributed by atoms with Crippen LogP contribution in [0.4, 0.5) is 16.5 Å². The number of hydrogen-bond donors (Lipinski definition) is 3. The second-order valence-electron chi connectivity index (χ2n) is 5.90. The van der Waals surface area contributed by atoms with Crippen molar-refractivity contribution in [3.63, 3.8) is 0 Å². The summed E-state index contributed by atoms with van der Waals surface area (Å²) in [6.07, 6.45) is 1.96. The molecule has 2 aromatic rings. The van der Waals surface area contributed by atoms with E-state index in [1.807, 2.05) is 0 Å². The highest BCUT2D eigenvalue weighted by Gasteiger charge is 2.26. The maximum Gasteiger partial charge on any atom is 0.275 e. The molecule has 1 unspecified atom stereocenters. The zero-order valence-electron chi connectivity index (χ0n) is 13.9. The Labute approximate surface area is 149 Å². The first-order chi connectivity index (χ1) is 12.1. The molecule has 1 saturated heterocycles. The summed E-state index contributed by atoms with van der Waals surface area (Å²) < 4.78 is 0. The number of nitrogens with one attached hydrogen (secondary N) is 2. The second kappa shape index (κ2) is 7.62. The third-order valence-electron chi connectivity index (χ3n) is 4.02. The Morgan fingerprint density at radius 1 is 1.28 bits per heavy atom. The van der Waals surface area contributed by atoms with Crippen molar-refractivity contribution in [2.24, 2.45) is 0 Å². The molecule has 3 rings (SSSR count). The second-order valence-corrected chi connectivity index (χ2v) is 6.74. The standard InChI is InChI=1S/C17H20N4O3S/c1-11(23)18-12-4-6-13(7-5-12)19-16(24)15-10-25-17(20-15)21-8-2-3-14(21)9-22/h4-7,10,14,22H,2-3,8-9H2,1H3,(H,18,23)(H,19,24). The average Bonchev–Trinajstić information content (AvgIpc) is 3.24. The van der Waals surface area contributed by atoms with Gasteiger partial charge in [0.2, 0.25) is 5.91 Å². The molecule has 7 nitrogen and oxygen atoms in total. The Balaban J connectivity index is 1.64. The smallest absolute Gasteiger partial charge is 0.275 e. The minimum absolute atomic E-state index is 0.0865. The lowest BCUT2D eigenvalue weighted by molar-refractivity contribution is -0.114. The minimum atomic E-state index is -0.283. The monoisotopic (exact) mass is 360 g/mol. The molecule has 2 heterocycles. The lowest BCUT2D eigenvalue weighted by atomic mass is 10.2. The first-order valence-electron chi connectivity index (χ1n) is 8.09. The molecule has 132 valence electrons. The van der Waals surface area contributed by atoms with E-state index in [9.17, 15) is 14.7 Å². The molecule has 25 heavy (non-hydrogen) atoms. The van der Waals surface area contributed by atoms with Crippen molar-refractivity contribution in [2.45, 2.75) is 25.8 Å². The van der Waals surface area contributed by atoms with Gasteiger partial charge in [0.05, 0.1) is 12.6 Å². The van der Waals surface area contributed by atoms with Crippen LogP contribution in [0.1, 0.15) is 30.3 Å². The van der Waals surface area contributed by atoms with Crippen molar-refractivity contribution >= 4 is 39.7 Å². The highest BCUT2D eigenvalue weighted by Crippen LogP contribution is 2.28. The highest BCUT2D eigenvalue weighted by molar-refractivity contribution is 7.14. The fourth-order valence-corrected chi connectivity index (χ4v) is 3.72. The van der Waals surface area contributed by atoms with E-state index < -0.39 is 0 Å². The fraction of sp³-hybridized carbons (Fsp3) is 0.353. The van der Waals surface area contributed by atoms with Crippen LogP contribution in [0.3, 0.4) is 0 Å². The summed E-state index contributed by atoms with van der Waals surface area (Å²) in [6.45, 7) is 2.39. The zero-order valence-corrected chi connectivity index (χ0v) is 14.7. The third kappa shape index (κ3) is 4.15. The summed E-state index contributed by atoms with van der Waals surface area (Å²) in [6, 6.07) is 6.97. The van der Waals surface area contributed by atoms with Gasteiger partial charge >= 0.3 is 0 Å². The van der Waals surface area contributed by atoms with Gasteiger partial charge in [0.15, 0.2) is 5.13 Å². The van der Waals surface area contributed by atoms with Gasteiger partial charge in [-0.1, -0.05) is 0 Å². The number of amides is 2. The molecule has 1 aromatic heterocycles. The van der Waals surface area contributed by atoms with Gasteiger partial charge in [-0.05, 0) is 37.1 Å². The van der Waals surface area contributed by atoms with E-state index in [2.05, 4.69) is 20.5 Å². The van der Waals surface area contributed by atoms with Crippen LogP contribution in [-0.4, -0.2) is 41.1 Å². The summed E-state index contributed by atoms with van der Waals surface area (Å²) in [4.78, 5) is 29.8.